The minimum absolute atomic E-state index is 0.359. The molecule has 0 spiro atoms. The lowest BCUT2D eigenvalue weighted by atomic mass is 10.1. The fourth-order valence-corrected chi connectivity index (χ4v) is 2.02. The van der Waals surface area contributed by atoms with E-state index in [1.807, 2.05) is 24.4 Å². The zero-order valence-corrected chi connectivity index (χ0v) is 9.49. The van der Waals surface area contributed by atoms with Crippen molar-refractivity contribution in [3.05, 3.63) is 68.6 Å². The maximum absolute atomic E-state index is 11.7. The molecular formula is C13H11N3O2. The van der Waals surface area contributed by atoms with Crippen LogP contribution in [0.2, 0.25) is 0 Å². The number of rotatable bonds is 2. The molecule has 2 heterocycles. The van der Waals surface area contributed by atoms with Gasteiger partial charge in [0.25, 0.3) is 5.56 Å². The van der Waals surface area contributed by atoms with Crippen LogP contribution >= 0.6 is 0 Å². The van der Waals surface area contributed by atoms with E-state index in [1.165, 1.54) is 0 Å². The third kappa shape index (κ3) is 1.86. The van der Waals surface area contributed by atoms with E-state index in [4.69, 9.17) is 0 Å². The van der Waals surface area contributed by atoms with Crippen LogP contribution in [0.1, 0.15) is 11.3 Å². The summed E-state index contributed by atoms with van der Waals surface area (Å²) in [7, 11) is 0. The molecule has 0 atom stereocenters. The zero-order valence-electron chi connectivity index (χ0n) is 9.49. The number of hydrogen-bond donors (Lipinski definition) is 3. The SMILES string of the molecule is O=c1[nH]c(=O)c2cc(Cc3ccc[nH]3)ccc2[nH]1. The first-order chi connectivity index (χ1) is 8.72. The van der Waals surface area contributed by atoms with Crippen LogP contribution in [0.15, 0.2) is 46.1 Å². The predicted octanol–water partition coefficient (Wildman–Crippen LogP) is 1.14. The Morgan fingerprint density at radius 3 is 2.72 bits per heavy atom. The average molecular weight is 241 g/mol. The van der Waals surface area contributed by atoms with Crippen LogP contribution in [0.4, 0.5) is 0 Å². The third-order valence-corrected chi connectivity index (χ3v) is 2.86. The maximum Gasteiger partial charge on any atom is 0.326 e. The van der Waals surface area contributed by atoms with Crippen LogP contribution in [0, 0.1) is 0 Å². The lowest BCUT2D eigenvalue weighted by molar-refractivity contribution is 1.07. The van der Waals surface area contributed by atoms with Gasteiger partial charge in [-0.2, -0.15) is 0 Å². The molecule has 1 aromatic carbocycles. The molecule has 0 amide bonds. The van der Waals surface area contributed by atoms with E-state index in [0.29, 0.717) is 10.9 Å². The maximum atomic E-state index is 11.7. The zero-order chi connectivity index (χ0) is 12.5. The van der Waals surface area contributed by atoms with Crippen molar-refractivity contribution in [3.63, 3.8) is 0 Å². The van der Waals surface area contributed by atoms with Crippen LogP contribution in [-0.4, -0.2) is 15.0 Å². The first kappa shape index (κ1) is 10.6. The van der Waals surface area contributed by atoms with Crippen molar-refractivity contribution in [2.45, 2.75) is 6.42 Å². The summed E-state index contributed by atoms with van der Waals surface area (Å²) in [4.78, 5) is 30.7. The van der Waals surface area contributed by atoms with Crippen molar-refractivity contribution in [1.29, 1.82) is 0 Å². The highest BCUT2D eigenvalue weighted by molar-refractivity contribution is 5.77. The number of aromatic nitrogens is 3. The van der Waals surface area contributed by atoms with E-state index in [-0.39, 0.29) is 5.56 Å². The summed E-state index contributed by atoms with van der Waals surface area (Å²) in [6.45, 7) is 0. The third-order valence-electron chi connectivity index (χ3n) is 2.86. The highest BCUT2D eigenvalue weighted by atomic mass is 16.2. The Kier molecular flexibility index (Phi) is 2.37. The first-order valence-electron chi connectivity index (χ1n) is 5.60. The molecule has 2 aromatic heterocycles. The molecule has 3 rings (SSSR count). The second-order valence-corrected chi connectivity index (χ2v) is 4.16. The van der Waals surface area contributed by atoms with Crippen molar-refractivity contribution < 1.29 is 0 Å². The van der Waals surface area contributed by atoms with Crippen molar-refractivity contribution in [2.75, 3.05) is 0 Å². The molecule has 0 aliphatic heterocycles. The molecule has 5 heteroatoms. The highest BCUT2D eigenvalue weighted by Crippen LogP contribution is 2.12. The number of H-pyrrole nitrogens is 3. The van der Waals surface area contributed by atoms with E-state index in [0.717, 1.165) is 17.7 Å². The summed E-state index contributed by atoms with van der Waals surface area (Å²) in [5.74, 6) is 0. The first-order valence-corrected chi connectivity index (χ1v) is 5.60. The summed E-state index contributed by atoms with van der Waals surface area (Å²) in [6.07, 6.45) is 2.59. The molecule has 3 N–H and O–H groups in total. The minimum atomic E-state index is -0.482. The highest BCUT2D eigenvalue weighted by Gasteiger charge is 2.03. The molecular weight excluding hydrogens is 230 g/mol. The quantitative estimate of drug-likeness (QED) is 0.628. The number of hydrogen-bond acceptors (Lipinski definition) is 2. The summed E-state index contributed by atoms with van der Waals surface area (Å²) < 4.78 is 0. The van der Waals surface area contributed by atoms with Crippen LogP contribution < -0.4 is 11.2 Å². The van der Waals surface area contributed by atoms with Gasteiger partial charge in [0, 0.05) is 18.3 Å². The Hall–Kier alpha value is -2.56. The molecule has 0 unspecified atom stereocenters. The van der Waals surface area contributed by atoms with Gasteiger partial charge in [0.05, 0.1) is 10.9 Å². The van der Waals surface area contributed by atoms with Crippen molar-refractivity contribution in [2.24, 2.45) is 0 Å². The standard InChI is InChI=1S/C13H11N3O2/c17-12-10-7-8(6-9-2-1-5-14-9)3-4-11(10)15-13(18)16-12/h1-5,7,14H,6H2,(H2,15,16,17,18). The van der Waals surface area contributed by atoms with Crippen molar-refractivity contribution >= 4 is 10.9 Å². The normalized spacial score (nSPS) is 10.9. The van der Waals surface area contributed by atoms with E-state index in [1.54, 1.807) is 12.1 Å². The molecule has 0 saturated carbocycles. The fourth-order valence-electron chi connectivity index (χ4n) is 2.02. The number of fused-ring (bicyclic) bond motifs is 1. The Labute approximate surface area is 102 Å². The van der Waals surface area contributed by atoms with Gasteiger partial charge in [-0.25, -0.2) is 4.79 Å². The van der Waals surface area contributed by atoms with Gasteiger partial charge in [0.15, 0.2) is 0 Å². The Bertz CT molecular complexity index is 797. The smallest absolute Gasteiger partial charge is 0.326 e. The average Bonchev–Trinajstić information content (AvgIpc) is 2.83. The molecule has 90 valence electrons. The molecule has 5 nitrogen and oxygen atoms in total. The molecule has 0 aliphatic carbocycles. The number of nitrogens with one attached hydrogen (secondary N) is 3. The molecule has 0 aliphatic rings. The topological polar surface area (TPSA) is 81.5 Å². The Morgan fingerprint density at radius 1 is 1.06 bits per heavy atom. The largest absolute Gasteiger partial charge is 0.365 e. The van der Waals surface area contributed by atoms with Gasteiger partial charge in [-0.05, 0) is 29.8 Å². The number of benzene rings is 1. The molecule has 18 heavy (non-hydrogen) atoms. The second kappa shape index (κ2) is 4.03. The Morgan fingerprint density at radius 2 is 1.94 bits per heavy atom. The molecule has 0 bridgehead atoms. The van der Waals surface area contributed by atoms with Gasteiger partial charge < -0.3 is 9.97 Å². The second-order valence-electron chi connectivity index (χ2n) is 4.16. The summed E-state index contributed by atoms with van der Waals surface area (Å²) >= 11 is 0. The lowest BCUT2D eigenvalue weighted by Crippen LogP contribution is -2.21. The predicted molar refractivity (Wildman–Crippen MR) is 68.8 cm³/mol. The number of aromatic amines is 3. The van der Waals surface area contributed by atoms with E-state index in [9.17, 15) is 9.59 Å². The fraction of sp³-hybridized carbons (Fsp3) is 0.0769. The van der Waals surface area contributed by atoms with Gasteiger partial charge in [0.2, 0.25) is 0 Å². The van der Waals surface area contributed by atoms with Gasteiger partial charge in [-0.1, -0.05) is 6.07 Å². The van der Waals surface area contributed by atoms with Gasteiger partial charge in [0.1, 0.15) is 0 Å². The molecule has 3 aromatic rings. The van der Waals surface area contributed by atoms with Crippen LogP contribution in [-0.2, 0) is 6.42 Å². The molecule has 0 saturated heterocycles. The van der Waals surface area contributed by atoms with Crippen LogP contribution in [0.5, 0.6) is 0 Å². The van der Waals surface area contributed by atoms with Gasteiger partial charge >= 0.3 is 5.69 Å². The monoisotopic (exact) mass is 241 g/mol. The van der Waals surface area contributed by atoms with Gasteiger partial charge in [-0.15, -0.1) is 0 Å². The van der Waals surface area contributed by atoms with E-state index in [2.05, 4.69) is 15.0 Å². The summed E-state index contributed by atoms with van der Waals surface area (Å²) in [6, 6.07) is 9.37. The minimum Gasteiger partial charge on any atom is -0.365 e. The van der Waals surface area contributed by atoms with Crippen LogP contribution in [0.3, 0.4) is 0 Å². The van der Waals surface area contributed by atoms with E-state index >= 15 is 0 Å². The van der Waals surface area contributed by atoms with Crippen molar-refractivity contribution in [1.82, 2.24) is 15.0 Å². The lowest BCUT2D eigenvalue weighted by Gasteiger charge is -2.01. The molecule has 0 radical (unpaired) electrons. The van der Waals surface area contributed by atoms with E-state index < -0.39 is 5.69 Å². The molecule has 0 fully saturated rings. The summed E-state index contributed by atoms with van der Waals surface area (Å²) in [5, 5.41) is 0.499. The Balaban J connectivity index is 2.11. The van der Waals surface area contributed by atoms with Crippen molar-refractivity contribution in [3.8, 4) is 0 Å². The summed E-state index contributed by atoms with van der Waals surface area (Å²) in [5.41, 5.74) is 1.81. The van der Waals surface area contributed by atoms with Gasteiger partial charge in [-0.3, -0.25) is 9.78 Å². The van der Waals surface area contributed by atoms with Crippen LogP contribution in [0.25, 0.3) is 10.9 Å².